The van der Waals surface area contributed by atoms with Crippen LogP contribution in [0, 0.1) is 5.82 Å². The van der Waals surface area contributed by atoms with Crippen LogP contribution in [0.2, 0.25) is 5.02 Å². The van der Waals surface area contributed by atoms with E-state index in [0.717, 1.165) is 0 Å². The summed E-state index contributed by atoms with van der Waals surface area (Å²) < 4.78 is 13.0. The van der Waals surface area contributed by atoms with Gasteiger partial charge in [-0.1, -0.05) is 17.7 Å². The van der Waals surface area contributed by atoms with Gasteiger partial charge in [0.25, 0.3) is 0 Å². The lowest BCUT2D eigenvalue weighted by molar-refractivity contribution is -0.146. The number of hydrogen-bond donors (Lipinski definition) is 1. The van der Waals surface area contributed by atoms with Crippen LogP contribution in [0.4, 0.5) is 4.39 Å². The van der Waals surface area contributed by atoms with Crippen molar-refractivity contribution >= 4 is 23.5 Å². The Morgan fingerprint density at radius 1 is 1.56 bits per heavy atom. The Morgan fingerprint density at radius 3 is 2.89 bits per heavy atom. The first kappa shape index (κ1) is 12.8. The molecule has 0 aliphatic carbocycles. The number of rotatable bonds is 3. The highest BCUT2D eigenvalue weighted by Crippen LogP contribution is 2.23. The van der Waals surface area contributed by atoms with Gasteiger partial charge in [0.1, 0.15) is 11.9 Å². The Morgan fingerprint density at radius 2 is 2.28 bits per heavy atom. The van der Waals surface area contributed by atoms with Crippen LogP contribution in [0.1, 0.15) is 18.4 Å². The molecule has 1 aromatic carbocycles. The molecule has 1 aromatic rings. The molecule has 0 spiro atoms. The van der Waals surface area contributed by atoms with Crippen molar-refractivity contribution in [2.75, 3.05) is 0 Å². The molecule has 1 aliphatic rings. The van der Waals surface area contributed by atoms with Crippen LogP contribution in [-0.2, 0) is 16.1 Å². The molecule has 0 aromatic heterocycles. The molecule has 0 radical (unpaired) electrons. The molecular weight excluding hydrogens is 261 g/mol. The lowest BCUT2D eigenvalue weighted by atomic mass is 10.2. The van der Waals surface area contributed by atoms with Crippen LogP contribution in [-0.4, -0.2) is 27.9 Å². The Bertz CT molecular complexity index is 506. The topological polar surface area (TPSA) is 57.6 Å². The van der Waals surface area contributed by atoms with Gasteiger partial charge in [0.05, 0.1) is 5.02 Å². The van der Waals surface area contributed by atoms with Crippen LogP contribution in [0.5, 0.6) is 0 Å². The van der Waals surface area contributed by atoms with Gasteiger partial charge >= 0.3 is 5.97 Å². The van der Waals surface area contributed by atoms with Gasteiger partial charge in [-0.15, -0.1) is 0 Å². The molecule has 1 amide bonds. The summed E-state index contributed by atoms with van der Waals surface area (Å²) in [5.74, 6) is -1.76. The molecule has 1 atom stereocenters. The van der Waals surface area contributed by atoms with Crippen molar-refractivity contribution in [1.82, 2.24) is 4.90 Å². The summed E-state index contributed by atoms with van der Waals surface area (Å²) >= 11 is 5.64. The van der Waals surface area contributed by atoms with Crippen molar-refractivity contribution < 1.29 is 19.1 Å². The average Bonchev–Trinajstić information content (AvgIpc) is 2.66. The number of hydrogen-bond acceptors (Lipinski definition) is 2. The summed E-state index contributed by atoms with van der Waals surface area (Å²) in [4.78, 5) is 23.9. The third-order valence-corrected chi connectivity index (χ3v) is 3.24. The van der Waals surface area contributed by atoms with Gasteiger partial charge < -0.3 is 10.0 Å². The first-order valence-corrected chi connectivity index (χ1v) is 5.83. The summed E-state index contributed by atoms with van der Waals surface area (Å²) in [5.41, 5.74) is 0.614. The van der Waals surface area contributed by atoms with E-state index in [0.29, 0.717) is 12.0 Å². The smallest absolute Gasteiger partial charge is 0.326 e. The molecule has 96 valence electrons. The van der Waals surface area contributed by atoms with Gasteiger partial charge in [-0.2, -0.15) is 0 Å². The van der Waals surface area contributed by atoms with Gasteiger partial charge in [-0.05, 0) is 24.1 Å². The van der Waals surface area contributed by atoms with Crippen LogP contribution >= 0.6 is 11.6 Å². The van der Waals surface area contributed by atoms with Crippen molar-refractivity contribution in [2.24, 2.45) is 0 Å². The largest absolute Gasteiger partial charge is 0.480 e. The number of nitrogens with zero attached hydrogens (tertiary/aromatic N) is 1. The fraction of sp³-hybridized carbons (Fsp3) is 0.333. The molecule has 0 saturated carbocycles. The number of halogens is 2. The number of aliphatic carboxylic acids is 1. The zero-order chi connectivity index (χ0) is 13.3. The third kappa shape index (κ3) is 2.46. The highest BCUT2D eigenvalue weighted by molar-refractivity contribution is 6.30. The lowest BCUT2D eigenvalue weighted by Crippen LogP contribution is -2.37. The maximum absolute atomic E-state index is 13.0. The molecular formula is C12H11ClFNO3. The number of carbonyl (C=O) groups excluding carboxylic acids is 1. The van der Waals surface area contributed by atoms with E-state index in [1.54, 1.807) is 0 Å². The van der Waals surface area contributed by atoms with Crippen LogP contribution in [0.25, 0.3) is 0 Å². The predicted octanol–water partition coefficient (Wildman–Crippen LogP) is 2.05. The Hall–Kier alpha value is -1.62. The molecule has 18 heavy (non-hydrogen) atoms. The first-order chi connectivity index (χ1) is 8.49. The second-order valence-corrected chi connectivity index (χ2v) is 4.57. The molecule has 1 aliphatic heterocycles. The zero-order valence-electron chi connectivity index (χ0n) is 9.40. The fourth-order valence-electron chi connectivity index (χ4n) is 2.02. The van der Waals surface area contributed by atoms with Gasteiger partial charge in [0.15, 0.2) is 0 Å². The van der Waals surface area contributed by atoms with Gasteiger partial charge in [0, 0.05) is 13.0 Å². The Labute approximate surface area is 108 Å². The quantitative estimate of drug-likeness (QED) is 0.915. The molecule has 0 bridgehead atoms. The first-order valence-electron chi connectivity index (χ1n) is 5.45. The molecule has 4 nitrogen and oxygen atoms in total. The van der Waals surface area contributed by atoms with Crippen molar-refractivity contribution in [1.29, 1.82) is 0 Å². The second-order valence-electron chi connectivity index (χ2n) is 4.16. The molecule has 2 rings (SSSR count). The van der Waals surface area contributed by atoms with E-state index in [1.807, 2.05) is 0 Å². The highest BCUT2D eigenvalue weighted by Gasteiger charge is 2.35. The summed E-state index contributed by atoms with van der Waals surface area (Å²) in [6, 6.07) is 3.29. The average molecular weight is 272 g/mol. The molecule has 1 saturated heterocycles. The molecule has 1 unspecified atom stereocenters. The number of carboxylic acids is 1. The van der Waals surface area contributed by atoms with Crippen molar-refractivity contribution in [3.63, 3.8) is 0 Å². The molecule has 6 heteroatoms. The van der Waals surface area contributed by atoms with E-state index in [2.05, 4.69) is 0 Å². The number of likely N-dealkylation sites (tertiary alicyclic amines) is 1. The minimum absolute atomic E-state index is 0.0361. The van der Waals surface area contributed by atoms with Crippen LogP contribution < -0.4 is 0 Å². The van der Waals surface area contributed by atoms with E-state index in [1.165, 1.54) is 23.1 Å². The van der Waals surface area contributed by atoms with Crippen molar-refractivity contribution in [2.45, 2.75) is 25.4 Å². The van der Waals surface area contributed by atoms with Gasteiger partial charge in [-0.3, -0.25) is 4.79 Å². The van der Waals surface area contributed by atoms with E-state index in [9.17, 15) is 14.0 Å². The maximum Gasteiger partial charge on any atom is 0.326 e. The summed E-state index contributed by atoms with van der Waals surface area (Å²) in [7, 11) is 0. The standard InChI is InChI=1S/C12H11ClFNO3/c13-8-5-7(1-2-9(8)14)6-15-10(12(17)18)3-4-11(15)16/h1-2,5,10H,3-4,6H2,(H,17,18). The summed E-state index contributed by atoms with van der Waals surface area (Å²) in [6.45, 7) is 0.135. The van der Waals surface area contributed by atoms with E-state index < -0.39 is 17.8 Å². The molecule has 1 heterocycles. The van der Waals surface area contributed by atoms with Crippen molar-refractivity contribution in [3.05, 3.63) is 34.6 Å². The van der Waals surface area contributed by atoms with Crippen LogP contribution in [0.3, 0.4) is 0 Å². The maximum atomic E-state index is 13.0. The van der Waals surface area contributed by atoms with Crippen LogP contribution in [0.15, 0.2) is 18.2 Å². The molecule has 1 N–H and O–H groups in total. The second kappa shape index (κ2) is 4.94. The van der Waals surface area contributed by atoms with Gasteiger partial charge in [-0.25, -0.2) is 9.18 Å². The predicted molar refractivity (Wildman–Crippen MR) is 62.6 cm³/mol. The lowest BCUT2D eigenvalue weighted by Gasteiger charge is -2.21. The SMILES string of the molecule is O=C(O)C1CCC(=O)N1Cc1ccc(F)c(Cl)c1. The number of carbonyl (C=O) groups is 2. The molecule has 1 fully saturated rings. The minimum atomic E-state index is -1.02. The normalized spacial score (nSPS) is 19.3. The third-order valence-electron chi connectivity index (χ3n) is 2.95. The Kier molecular flexibility index (Phi) is 3.52. The summed E-state index contributed by atoms with van der Waals surface area (Å²) in [6.07, 6.45) is 0.537. The zero-order valence-corrected chi connectivity index (χ0v) is 10.2. The van der Waals surface area contributed by atoms with Gasteiger partial charge in [0.2, 0.25) is 5.91 Å². The summed E-state index contributed by atoms with van der Waals surface area (Å²) in [5, 5.41) is 8.96. The number of amides is 1. The monoisotopic (exact) mass is 271 g/mol. The Balaban J connectivity index is 2.18. The number of benzene rings is 1. The minimum Gasteiger partial charge on any atom is -0.480 e. The highest BCUT2D eigenvalue weighted by atomic mass is 35.5. The van der Waals surface area contributed by atoms with E-state index in [4.69, 9.17) is 16.7 Å². The van der Waals surface area contributed by atoms with E-state index >= 15 is 0 Å². The fourth-order valence-corrected chi connectivity index (χ4v) is 2.23. The van der Waals surface area contributed by atoms with Crippen molar-refractivity contribution in [3.8, 4) is 0 Å². The number of carboxylic acid groups (broad SMARTS) is 1. The van der Waals surface area contributed by atoms with E-state index in [-0.39, 0.29) is 23.9 Å².